The molecule has 9 heteroatoms. The molecule has 0 aliphatic heterocycles. The van der Waals surface area contributed by atoms with Crippen LogP contribution in [0.25, 0.3) is 0 Å². The monoisotopic (exact) mass is 543 g/mol. The van der Waals surface area contributed by atoms with E-state index in [0.717, 1.165) is 16.0 Å². The van der Waals surface area contributed by atoms with Gasteiger partial charge in [0.05, 0.1) is 20.8 Å². The average Bonchev–Trinajstić information content (AvgIpc) is 3.39. The number of hydrogen-bond acceptors (Lipinski definition) is 5. The maximum atomic E-state index is 13.5. The van der Waals surface area contributed by atoms with Gasteiger partial charge in [0.1, 0.15) is 6.54 Å². The first-order chi connectivity index (χ1) is 17.7. The van der Waals surface area contributed by atoms with Gasteiger partial charge in [-0.2, -0.15) is 0 Å². The molecule has 3 aromatic rings. The number of methoxy groups -OCH3 is 2. The SMILES string of the molecule is COc1ccc(CCN(Cc2cccs2)C(=O)CN(C(=O)Nc2ccc(C)c(Cl)c2)C(C)C)cc1OC. The lowest BCUT2D eigenvalue weighted by Crippen LogP contribution is -2.47. The molecule has 0 bridgehead atoms. The summed E-state index contributed by atoms with van der Waals surface area (Å²) in [6.45, 7) is 6.61. The number of ether oxygens (including phenoxy) is 2. The summed E-state index contributed by atoms with van der Waals surface area (Å²) in [5.74, 6) is 1.18. The van der Waals surface area contributed by atoms with Crippen molar-refractivity contribution in [3.63, 3.8) is 0 Å². The largest absolute Gasteiger partial charge is 0.493 e. The topological polar surface area (TPSA) is 71.1 Å². The van der Waals surface area contributed by atoms with E-state index in [-0.39, 0.29) is 24.5 Å². The Labute approximate surface area is 227 Å². The Morgan fingerprint density at radius 3 is 2.43 bits per heavy atom. The first-order valence-electron chi connectivity index (χ1n) is 12.1. The highest BCUT2D eigenvalue weighted by molar-refractivity contribution is 7.09. The summed E-state index contributed by atoms with van der Waals surface area (Å²) in [6, 6.07) is 14.6. The molecule has 198 valence electrons. The van der Waals surface area contributed by atoms with Gasteiger partial charge in [0.2, 0.25) is 5.91 Å². The van der Waals surface area contributed by atoms with Gasteiger partial charge in [0.15, 0.2) is 11.5 Å². The predicted molar refractivity (Wildman–Crippen MR) is 150 cm³/mol. The number of amides is 3. The molecular formula is C28H34ClN3O4S. The van der Waals surface area contributed by atoms with Gasteiger partial charge in [-0.05, 0) is 74.0 Å². The number of nitrogens with zero attached hydrogens (tertiary/aromatic N) is 2. The summed E-state index contributed by atoms with van der Waals surface area (Å²) >= 11 is 7.82. The lowest BCUT2D eigenvalue weighted by molar-refractivity contribution is -0.132. The summed E-state index contributed by atoms with van der Waals surface area (Å²) in [7, 11) is 3.20. The van der Waals surface area contributed by atoms with E-state index in [0.29, 0.717) is 41.7 Å². The molecule has 0 atom stereocenters. The number of aryl methyl sites for hydroxylation is 1. The van der Waals surface area contributed by atoms with Crippen molar-refractivity contribution >= 4 is 40.6 Å². The van der Waals surface area contributed by atoms with Crippen molar-refractivity contribution in [2.45, 2.75) is 39.8 Å². The van der Waals surface area contributed by atoms with E-state index < -0.39 is 0 Å². The van der Waals surface area contributed by atoms with Gasteiger partial charge in [-0.1, -0.05) is 29.8 Å². The van der Waals surface area contributed by atoms with Gasteiger partial charge in [0, 0.05) is 28.2 Å². The average molecular weight is 544 g/mol. The minimum atomic E-state index is -0.348. The van der Waals surface area contributed by atoms with Gasteiger partial charge < -0.3 is 24.6 Å². The predicted octanol–water partition coefficient (Wildman–Crippen LogP) is 6.24. The molecule has 0 aliphatic rings. The van der Waals surface area contributed by atoms with Crippen molar-refractivity contribution in [1.29, 1.82) is 0 Å². The van der Waals surface area contributed by atoms with Crippen LogP contribution in [0.15, 0.2) is 53.9 Å². The molecule has 0 aliphatic carbocycles. The minimum absolute atomic E-state index is 0.0413. The number of urea groups is 1. The van der Waals surface area contributed by atoms with E-state index in [9.17, 15) is 9.59 Å². The fraction of sp³-hybridized carbons (Fsp3) is 0.357. The fourth-order valence-electron chi connectivity index (χ4n) is 3.78. The van der Waals surface area contributed by atoms with Gasteiger partial charge in [-0.15, -0.1) is 11.3 Å². The molecule has 1 heterocycles. The van der Waals surface area contributed by atoms with E-state index in [4.69, 9.17) is 21.1 Å². The Hall–Kier alpha value is -3.23. The molecule has 3 rings (SSSR count). The van der Waals surface area contributed by atoms with Crippen LogP contribution in [0.1, 0.15) is 29.9 Å². The number of carbonyl (C=O) groups is 2. The van der Waals surface area contributed by atoms with Crippen LogP contribution in [0.2, 0.25) is 5.02 Å². The molecule has 0 radical (unpaired) electrons. The normalized spacial score (nSPS) is 10.8. The molecule has 37 heavy (non-hydrogen) atoms. The minimum Gasteiger partial charge on any atom is -0.493 e. The Bertz CT molecular complexity index is 1200. The maximum Gasteiger partial charge on any atom is 0.322 e. The molecule has 1 aromatic heterocycles. The second-order valence-electron chi connectivity index (χ2n) is 8.95. The van der Waals surface area contributed by atoms with Crippen LogP contribution in [0, 0.1) is 6.92 Å². The fourth-order valence-corrected chi connectivity index (χ4v) is 4.68. The molecule has 0 saturated carbocycles. The highest BCUT2D eigenvalue weighted by Gasteiger charge is 2.24. The highest BCUT2D eigenvalue weighted by Crippen LogP contribution is 2.28. The van der Waals surface area contributed by atoms with Crippen molar-refractivity contribution in [3.05, 3.63) is 74.9 Å². The first kappa shape index (κ1) is 28.3. The lowest BCUT2D eigenvalue weighted by Gasteiger charge is -2.30. The number of anilines is 1. The van der Waals surface area contributed by atoms with Crippen molar-refractivity contribution in [2.75, 3.05) is 32.6 Å². The van der Waals surface area contributed by atoms with Gasteiger partial charge in [0.25, 0.3) is 0 Å². The summed E-state index contributed by atoms with van der Waals surface area (Å²) in [6.07, 6.45) is 0.632. The smallest absolute Gasteiger partial charge is 0.322 e. The van der Waals surface area contributed by atoms with E-state index in [1.54, 1.807) is 42.6 Å². The van der Waals surface area contributed by atoms with Crippen molar-refractivity contribution < 1.29 is 19.1 Å². The standard InChI is InChI=1S/C28H34ClN3O4S/c1-19(2)32(28(34)30-22-10-8-20(3)24(29)16-22)18-27(33)31(17-23-7-6-14-37-23)13-12-21-9-11-25(35-4)26(15-21)36-5/h6-11,14-16,19H,12-13,17-18H2,1-5H3,(H,30,34). The zero-order chi connectivity index (χ0) is 26.9. The Kier molecular flexibility index (Phi) is 10.2. The molecule has 1 N–H and O–H groups in total. The zero-order valence-corrected chi connectivity index (χ0v) is 23.5. The Morgan fingerprint density at radius 2 is 1.81 bits per heavy atom. The third-order valence-electron chi connectivity index (χ3n) is 6.01. The summed E-state index contributed by atoms with van der Waals surface area (Å²) < 4.78 is 10.8. The molecule has 0 spiro atoms. The third kappa shape index (κ3) is 7.87. The number of carbonyl (C=O) groups excluding carboxylic acids is 2. The quantitative estimate of drug-likeness (QED) is 0.311. The van der Waals surface area contributed by atoms with E-state index in [2.05, 4.69) is 5.32 Å². The van der Waals surface area contributed by atoms with E-state index in [1.807, 2.05) is 62.5 Å². The Morgan fingerprint density at radius 1 is 1.05 bits per heavy atom. The number of halogens is 1. The summed E-state index contributed by atoms with van der Waals surface area (Å²) in [4.78, 5) is 31.1. The van der Waals surface area contributed by atoms with Crippen LogP contribution in [-0.4, -0.2) is 55.1 Å². The number of thiophene rings is 1. The van der Waals surface area contributed by atoms with Crippen LogP contribution in [0.3, 0.4) is 0 Å². The molecule has 0 unspecified atom stereocenters. The number of nitrogens with one attached hydrogen (secondary N) is 1. The highest BCUT2D eigenvalue weighted by atomic mass is 35.5. The van der Waals surface area contributed by atoms with Gasteiger partial charge in [-0.25, -0.2) is 4.79 Å². The molecule has 7 nitrogen and oxygen atoms in total. The molecule has 2 aromatic carbocycles. The van der Waals surface area contributed by atoms with Crippen LogP contribution in [0.5, 0.6) is 11.5 Å². The maximum absolute atomic E-state index is 13.5. The van der Waals surface area contributed by atoms with Crippen LogP contribution in [0.4, 0.5) is 10.5 Å². The zero-order valence-electron chi connectivity index (χ0n) is 21.9. The third-order valence-corrected chi connectivity index (χ3v) is 7.28. The number of rotatable bonds is 11. The van der Waals surface area contributed by atoms with Crippen molar-refractivity contribution in [2.24, 2.45) is 0 Å². The summed E-state index contributed by atoms with van der Waals surface area (Å²) in [5, 5.41) is 5.44. The van der Waals surface area contributed by atoms with Crippen LogP contribution in [-0.2, 0) is 17.8 Å². The molecule has 3 amide bonds. The van der Waals surface area contributed by atoms with E-state index in [1.165, 1.54) is 4.90 Å². The Balaban J connectivity index is 1.73. The second kappa shape index (κ2) is 13.4. The number of benzene rings is 2. The second-order valence-corrected chi connectivity index (χ2v) is 10.4. The van der Waals surface area contributed by atoms with Crippen LogP contribution < -0.4 is 14.8 Å². The number of hydrogen-bond donors (Lipinski definition) is 1. The molecule has 0 fully saturated rings. The van der Waals surface area contributed by atoms with Gasteiger partial charge >= 0.3 is 6.03 Å². The van der Waals surface area contributed by atoms with Gasteiger partial charge in [-0.3, -0.25) is 4.79 Å². The molecular weight excluding hydrogens is 510 g/mol. The van der Waals surface area contributed by atoms with Crippen molar-refractivity contribution in [3.8, 4) is 11.5 Å². The van der Waals surface area contributed by atoms with E-state index >= 15 is 0 Å². The summed E-state index contributed by atoms with van der Waals surface area (Å²) in [5.41, 5.74) is 2.54. The lowest BCUT2D eigenvalue weighted by atomic mass is 10.1. The first-order valence-corrected chi connectivity index (χ1v) is 13.3. The molecule has 0 saturated heterocycles. The van der Waals surface area contributed by atoms with Crippen LogP contribution >= 0.6 is 22.9 Å². The van der Waals surface area contributed by atoms with Crippen molar-refractivity contribution in [1.82, 2.24) is 9.80 Å².